The summed E-state index contributed by atoms with van der Waals surface area (Å²) in [5, 5.41) is 23.4. The van der Waals surface area contributed by atoms with Gasteiger partial charge in [-0.2, -0.15) is 10.5 Å². The number of benzene rings is 1. The quantitative estimate of drug-likeness (QED) is 0.557. The molecule has 2 saturated heterocycles. The van der Waals surface area contributed by atoms with Gasteiger partial charge < -0.3 is 20.7 Å². The van der Waals surface area contributed by atoms with Crippen LogP contribution in [-0.2, 0) is 16.0 Å². The highest BCUT2D eigenvalue weighted by molar-refractivity contribution is 8.00. The lowest BCUT2D eigenvalue weighted by atomic mass is 9.99. The highest BCUT2D eigenvalue weighted by Gasteiger charge is 2.31. The molecule has 1 aromatic heterocycles. The first-order valence-corrected chi connectivity index (χ1v) is 12.4. The molecule has 3 N–H and O–H groups in total. The summed E-state index contributed by atoms with van der Waals surface area (Å²) >= 11 is 1.18. The van der Waals surface area contributed by atoms with Crippen LogP contribution in [-0.4, -0.2) is 49.3 Å². The summed E-state index contributed by atoms with van der Waals surface area (Å²) in [4.78, 5) is 19.3. The summed E-state index contributed by atoms with van der Waals surface area (Å²) in [5.74, 6) is 0.0734. The predicted octanol–water partition coefficient (Wildman–Crippen LogP) is 2.66. The fraction of sp³-hybridized carbons (Fsp3) is 0.440. The SMILES string of the molecule is CCc1c(C#N)c(SC(C(N)=O)c2ccccc2)nc(N2CCCC(NC3COC3)C2)c1C#N. The molecule has 1 amide bonds. The van der Waals surface area contributed by atoms with Crippen molar-refractivity contribution in [2.75, 3.05) is 31.2 Å². The normalized spacial score (nSPS) is 19.0. The van der Waals surface area contributed by atoms with Gasteiger partial charge in [0.15, 0.2) is 0 Å². The fourth-order valence-corrected chi connectivity index (χ4v) is 5.56. The average Bonchev–Trinajstić information content (AvgIpc) is 2.84. The lowest BCUT2D eigenvalue weighted by molar-refractivity contribution is -0.117. The van der Waals surface area contributed by atoms with Crippen LogP contribution >= 0.6 is 11.8 Å². The summed E-state index contributed by atoms with van der Waals surface area (Å²) in [6.07, 6.45) is 2.52. The van der Waals surface area contributed by atoms with Gasteiger partial charge in [-0.05, 0) is 30.4 Å². The van der Waals surface area contributed by atoms with Crippen LogP contribution in [0.3, 0.4) is 0 Å². The lowest BCUT2D eigenvalue weighted by Crippen LogP contribution is -2.55. The van der Waals surface area contributed by atoms with Gasteiger partial charge >= 0.3 is 0 Å². The maximum absolute atomic E-state index is 12.4. The number of hydrogen-bond donors (Lipinski definition) is 2. The van der Waals surface area contributed by atoms with Crippen LogP contribution < -0.4 is 16.0 Å². The molecule has 8 nitrogen and oxygen atoms in total. The summed E-state index contributed by atoms with van der Waals surface area (Å²) in [6, 6.07) is 14.4. The zero-order valence-electron chi connectivity index (χ0n) is 19.2. The van der Waals surface area contributed by atoms with Gasteiger partial charge in [0.1, 0.15) is 28.2 Å². The molecule has 2 aliphatic heterocycles. The second kappa shape index (κ2) is 10.9. The third-order valence-corrected chi connectivity index (χ3v) is 7.51. The summed E-state index contributed by atoms with van der Waals surface area (Å²) in [5.41, 5.74) is 7.94. The van der Waals surface area contributed by atoms with E-state index >= 15 is 0 Å². The molecule has 4 rings (SSSR count). The largest absolute Gasteiger partial charge is 0.378 e. The number of carbonyl (C=O) groups is 1. The molecule has 0 saturated carbocycles. The van der Waals surface area contributed by atoms with Gasteiger partial charge in [-0.3, -0.25) is 4.79 Å². The number of nitrogens with one attached hydrogen (secondary N) is 1. The molecule has 0 spiro atoms. The summed E-state index contributed by atoms with van der Waals surface area (Å²) < 4.78 is 5.29. The van der Waals surface area contributed by atoms with Crippen LogP contribution in [0.1, 0.15) is 47.3 Å². The third kappa shape index (κ3) is 5.02. The fourth-order valence-electron chi connectivity index (χ4n) is 4.50. The number of amides is 1. The highest BCUT2D eigenvalue weighted by atomic mass is 32.2. The van der Waals surface area contributed by atoms with Crippen molar-refractivity contribution in [2.45, 2.75) is 48.5 Å². The molecule has 2 aliphatic rings. The van der Waals surface area contributed by atoms with Gasteiger partial charge in [0, 0.05) is 19.1 Å². The van der Waals surface area contributed by atoms with E-state index in [0.717, 1.165) is 44.7 Å². The minimum Gasteiger partial charge on any atom is -0.378 e. The van der Waals surface area contributed by atoms with Gasteiger partial charge in [-0.25, -0.2) is 4.98 Å². The van der Waals surface area contributed by atoms with Crippen LogP contribution in [0.4, 0.5) is 5.82 Å². The van der Waals surface area contributed by atoms with Crippen molar-refractivity contribution in [1.82, 2.24) is 10.3 Å². The van der Waals surface area contributed by atoms with Crippen LogP contribution in [0, 0.1) is 22.7 Å². The topological polar surface area (TPSA) is 128 Å². The van der Waals surface area contributed by atoms with Crippen molar-refractivity contribution in [3.8, 4) is 12.1 Å². The molecule has 0 aliphatic carbocycles. The Morgan fingerprint density at radius 2 is 2.00 bits per heavy atom. The number of thioether (sulfide) groups is 1. The number of ether oxygens (including phenoxy) is 1. The Labute approximate surface area is 204 Å². The van der Waals surface area contributed by atoms with E-state index < -0.39 is 11.2 Å². The van der Waals surface area contributed by atoms with Crippen molar-refractivity contribution in [3.63, 3.8) is 0 Å². The minimum atomic E-state index is -0.694. The number of anilines is 1. The minimum absolute atomic E-state index is 0.274. The number of piperidine rings is 1. The Bertz CT molecular complexity index is 1120. The Balaban J connectivity index is 1.72. The second-order valence-electron chi connectivity index (χ2n) is 8.54. The first-order valence-electron chi connectivity index (χ1n) is 11.5. The van der Waals surface area contributed by atoms with E-state index in [2.05, 4.69) is 22.4 Å². The van der Waals surface area contributed by atoms with E-state index in [1.165, 1.54) is 11.8 Å². The molecule has 0 radical (unpaired) electrons. The van der Waals surface area contributed by atoms with Gasteiger partial charge in [-0.15, -0.1) is 0 Å². The first kappa shape index (κ1) is 24.0. The van der Waals surface area contributed by atoms with E-state index in [1.807, 2.05) is 37.3 Å². The predicted molar refractivity (Wildman–Crippen MR) is 130 cm³/mol. The molecule has 2 aromatic rings. The van der Waals surface area contributed by atoms with Gasteiger partial charge in [-0.1, -0.05) is 49.0 Å². The van der Waals surface area contributed by atoms with Crippen molar-refractivity contribution in [1.29, 1.82) is 10.5 Å². The van der Waals surface area contributed by atoms with Crippen LogP contribution in [0.2, 0.25) is 0 Å². The van der Waals surface area contributed by atoms with Crippen molar-refractivity contribution < 1.29 is 9.53 Å². The van der Waals surface area contributed by atoms with Gasteiger partial charge in [0.05, 0.1) is 30.4 Å². The number of aromatic nitrogens is 1. The monoisotopic (exact) mass is 476 g/mol. The third-order valence-electron chi connectivity index (χ3n) is 6.25. The molecule has 34 heavy (non-hydrogen) atoms. The molecule has 0 bridgehead atoms. The number of nitrogens with two attached hydrogens (primary N) is 1. The van der Waals surface area contributed by atoms with Gasteiger partial charge in [0.2, 0.25) is 5.91 Å². The highest BCUT2D eigenvalue weighted by Crippen LogP contribution is 2.39. The van der Waals surface area contributed by atoms with E-state index in [9.17, 15) is 15.3 Å². The standard InChI is InChI=1S/C25H28N6O2S/c1-2-19-20(11-26)24(31-10-6-9-17(13-31)29-18-14-33-15-18)30-25(21(19)12-27)34-22(23(28)32)16-7-4-3-5-8-16/h3-5,7-8,17-18,22,29H,2,6,9-10,13-15H2,1H3,(H2,28,32). The zero-order chi connectivity index (χ0) is 24.1. The number of carbonyl (C=O) groups excluding carboxylic acids is 1. The Morgan fingerprint density at radius 3 is 2.59 bits per heavy atom. The maximum atomic E-state index is 12.4. The first-order chi connectivity index (χ1) is 16.5. The van der Waals surface area contributed by atoms with E-state index in [1.54, 1.807) is 0 Å². The molecule has 1 aromatic carbocycles. The second-order valence-corrected chi connectivity index (χ2v) is 9.64. The average molecular weight is 477 g/mol. The Morgan fingerprint density at radius 1 is 1.26 bits per heavy atom. The van der Waals surface area contributed by atoms with Crippen LogP contribution in [0.15, 0.2) is 35.4 Å². The number of nitriles is 2. The number of nitrogens with zero attached hydrogens (tertiary/aromatic N) is 4. The summed E-state index contributed by atoms with van der Waals surface area (Å²) in [7, 11) is 0. The van der Waals surface area contributed by atoms with Crippen molar-refractivity contribution >= 4 is 23.5 Å². The van der Waals surface area contributed by atoms with Crippen LogP contribution in [0.25, 0.3) is 0 Å². The molecular weight excluding hydrogens is 448 g/mol. The molecule has 2 atom stereocenters. The molecular formula is C25H28N6O2S. The van der Waals surface area contributed by atoms with E-state index in [0.29, 0.717) is 40.0 Å². The molecule has 176 valence electrons. The molecule has 3 heterocycles. The van der Waals surface area contributed by atoms with Crippen molar-refractivity contribution in [2.24, 2.45) is 5.73 Å². The number of rotatable bonds is 8. The number of pyridine rings is 1. The zero-order valence-corrected chi connectivity index (χ0v) is 20.0. The maximum Gasteiger partial charge on any atom is 0.235 e. The van der Waals surface area contributed by atoms with Crippen molar-refractivity contribution in [3.05, 3.63) is 52.6 Å². The Hall–Kier alpha value is -3.11. The van der Waals surface area contributed by atoms with Crippen LogP contribution in [0.5, 0.6) is 0 Å². The van der Waals surface area contributed by atoms with E-state index in [-0.39, 0.29) is 6.04 Å². The smallest absolute Gasteiger partial charge is 0.235 e. The Kier molecular flexibility index (Phi) is 7.69. The number of primary amides is 1. The van der Waals surface area contributed by atoms with Gasteiger partial charge in [0.25, 0.3) is 0 Å². The molecule has 9 heteroatoms. The van der Waals surface area contributed by atoms with E-state index in [4.69, 9.17) is 15.5 Å². The molecule has 2 unspecified atom stereocenters. The summed E-state index contributed by atoms with van der Waals surface area (Å²) in [6.45, 7) is 4.87. The molecule has 2 fully saturated rings. The lowest BCUT2D eigenvalue weighted by Gasteiger charge is -2.38. The number of hydrogen-bond acceptors (Lipinski definition) is 8.